The van der Waals surface area contributed by atoms with E-state index >= 15 is 0 Å². The van der Waals surface area contributed by atoms with Gasteiger partial charge in [0.2, 0.25) is 5.95 Å². The van der Waals surface area contributed by atoms with Gasteiger partial charge in [0.15, 0.2) is 5.84 Å². The molecule has 9 heteroatoms. The molecule has 0 saturated carbocycles. The minimum atomic E-state index is -0.303. The van der Waals surface area contributed by atoms with Crippen molar-refractivity contribution in [1.82, 2.24) is 15.5 Å². The fourth-order valence-corrected chi connectivity index (χ4v) is 4.39. The Hall–Kier alpha value is -3.04. The average Bonchev–Trinajstić information content (AvgIpc) is 3.11. The van der Waals surface area contributed by atoms with Crippen molar-refractivity contribution in [1.29, 1.82) is 0 Å². The molecule has 2 aromatic carbocycles. The molecule has 0 bridgehead atoms. The molecule has 29 heavy (non-hydrogen) atoms. The molecule has 0 fully saturated rings. The Labute approximate surface area is 175 Å². The maximum atomic E-state index is 13.6. The smallest absolute Gasteiger partial charge is 0.220 e. The molecule has 4 N–H and O–H groups in total. The molecule has 3 heterocycles. The summed E-state index contributed by atoms with van der Waals surface area (Å²) in [6.45, 7) is 1.90. The number of nitrogens with one attached hydrogen (secondary N) is 2. The second-order valence-corrected chi connectivity index (χ2v) is 7.77. The third kappa shape index (κ3) is 3.02. The molecule has 0 saturated heterocycles. The van der Waals surface area contributed by atoms with Gasteiger partial charge in [0.05, 0.1) is 34.4 Å². The molecule has 3 aromatic rings. The van der Waals surface area contributed by atoms with E-state index < -0.39 is 0 Å². The van der Waals surface area contributed by atoms with Crippen LogP contribution in [0.5, 0.6) is 0 Å². The van der Waals surface area contributed by atoms with Gasteiger partial charge in [-0.2, -0.15) is 0 Å². The molecule has 2 aliphatic heterocycles. The summed E-state index contributed by atoms with van der Waals surface area (Å²) in [6.07, 6.45) is 0.541. The molecule has 0 unspecified atom stereocenters. The number of anilines is 3. The fraction of sp³-hybridized carbons (Fsp3) is 0.150. The van der Waals surface area contributed by atoms with Gasteiger partial charge in [0, 0.05) is 10.9 Å². The number of fused-ring (bicyclic) bond motifs is 2. The number of halogens is 2. The minimum Gasteiger partial charge on any atom is -0.368 e. The van der Waals surface area contributed by atoms with Gasteiger partial charge in [-0.15, -0.1) is 5.53 Å². The summed E-state index contributed by atoms with van der Waals surface area (Å²) >= 11 is 3.47. The van der Waals surface area contributed by atoms with Crippen molar-refractivity contribution in [3.05, 3.63) is 75.3 Å². The number of amidine groups is 1. The summed E-state index contributed by atoms with van der Waals surface area (Å²) < 4.78 is 14.3. The van der Waals surface area contributed by atoms with E-state index in [1.165, 1.54) is 12.1 Å². The minimum absolute atomic E-state index is 0.229. The van der Waals surface area contributed by atoms with Gasteiger partial charge in [-0.3, -0.25) is 4.99 Å². The number of benzene rings is 2. The van der Waals surface area contributed by atoms with Gasteiger partial charge in [-0.25, -0.2) is 19.4 Å². The molecule has 2 aliphatic rings. The number of rotatable bonds is 1. The zero-order valence-corrected chi connectivity index (χ0v) is 17.0. The van der Waals surface area contributed by atoms with Crippen LogP contribution in [0.4, 0.5) is 21.7 Å². The van der Waals surface area contributed by atoms with E-state index in [1.54, 1.807) is 6.07 Å². The van der Waals surface area contributed by atoms with Gasteiger partial charge >= 0.3 is 0 Å². The van der Waals surface area contributed by atoms with Crippen LogP contribution in [0, 0.1) is 12.7 Å². The standard InChI is InChI=1S/C20H17BrFN7/c1-10-18-16(26-20(23)24-10)9-15(12-7-6-11(22)8-13(12)21)25-19(18)29-17-5-3-2-4-14(17)27-28-29/h2-8,15,27-28H,9H2,1H3,(H2,23,24,26)/t15-/m1/s1. The van der Waals surface area contributed by atoms with Crippen molar-refractivity contribution in [2.75, 3.05) is 16.2 Å². The van der Waals surface area contributed by atoms with Crippen molar-refractivity contribution in [2.24, 2.45) is 4.99 Å². The first-order valence-electron chi connectivity index (χ1n) is 9.08. The normalized spacial score (nSPS) is 17.4. The lowest BCUT2D eigenvalue weighted by atomic mass is 9.95. The quantitative estimate of drug-likeness (QED) is 0.520. The molecule has 1 atom stereocenters. The Morgan fingerprint density at radius 2 is 2.03 bits per heavy atom. The highest BCUT2D eigenvalue weighted by Gasteiger charge is 2.33. The fourth-order valence-electron chi connectivity index (χ4n) is 3.77. The van der Waals surface area contributed by atoms with Crippen molar-refractivity contribution in [3.8, 4) is 0 Å². The summed E-state index contributed by atoms with van der Waals surface area (Å²) in [5.74, 6) is 0.609. The first-order chi connectivity index (χ1) is 14.0. The number of hydrogen-bond acceptors (Lipinski definition) is 7. The summed E-state index contributed by atoms with van der Waals surface area (Å²) in [7, 11) is 0. The maximum Gasteiger partial charge on any atom is 0.220 e. The first kappa shape index (κ1) is 18.0. The number of hydrogen-bond donors (Lipinski definition) is 3. The van der Waals surface area contributed by atoms with Crippen molar-refractivity contribution in [2.45, 2.75) is 19.4 Å². The predicted octanol–water partition coefficient (Wildman–Crippen LogP) is 3.66. The lowest BCUT2D eigenvalue weighted by Crippen LogP contribution is -2.44. The molecule has 0 amide bonds. The molecular formula is C20H17BrFN7. The number of aromatic nitrogens is 2. The number of aliphatic imine (C=N–C) groups is 1. The molecule has 7 nitrogen and oxygen atoms in total. The molecule has 0 spiro atoms. The van der Waals surface area contributed by atoms with Crippen LogP contribution in [-0.4, -0.2) is 15.8 Å². The van der Waals surface area contributed by atoms with Crippen LogP contribution in [-0.2, 0) is 6.42 Å². The maximum absolute atomic E-state index is 13.6. The van der Waals surface area contributed by atoms with Crippen LogP contribution < -0.4 is 21.7 Å². The molecule has 0 radical (unpaired) electrons. The average molecular weight is 454 g/mol. The Balaban J connectivity index is 1.69. The van der Waals surface area contributed by atoms with Gasteiger partial charge in [0.1, 0.15) is 5.82 Å². The Kier molecular flexibility index (Phi) is 4.21. The van der Waals surface area contributed by atoms with Gasteiger partial charge in [0.25, 0.3) is 0 Å². The summed E-state index contributed by atoms with van der Waals surface area (Å²) in [6, 6.07) is 12.3. The lowest BCUT2D eigenvalue weighted by molar-refractivity contribution is 0.621. The zero-order valence-electron chi connectivity index (χ0n) is 15.4. The SMILES string of the molecule is Cc1nc(N)nc2c1C(N1NNc3ccccc31)=N[C@@H](c1ccc(F)cc1Br)C2. The van der Waals surface area contributed by atoms with Gasteiger partial charge in [-0.1, -0.05) is 34.1 Å². The van der Waals surface area contributed by atoms with E-state index in [9.17, 15) is 4.39 Å². The summed E-state index contributed by atoms with van der Waals surface area (Å²) in [5.41, 5.74) is 17.4. The molecule has 1 aromatic heterocycles. The number of nitrogens with two attached hydrogens (primary N) is 1. The molecular weight excluding hydrogens is 437 g/mol. The monoisotopic (exact) mass is 453 g/mol. The van der Waals surface area contributed by atoms with Crippen LogP contribution in [0.3, 0.4) is 0 Å². The Morgan fingerprint density at radius 1 is 1.21 bits per heavy atom. The van der Waals surface area contributed by atoms with Crippen molar-refractivity contribution in [3.63, 3.8) is 0 Å². The highest BCUT2D eigenvalue weighted by molar-refractivity contribution is 9.10. The molecule has 146 valence electrons. The van der Waals surface area contributed by atoms with Crippen LogP contribution in [0.2, 0.25) is 0 Å². The topological polar surface area (TPSA) is 91.5 Å². The number of nitrogen functional groups attached to an aromatic ring is 1. The van der Waals surface area contributed by atoms with Crippen LogP contribution in [0.1, 0.15) is 28.6 Å². The summed E-state index contributed by atoms with van der Waals surface area (Å²) in [5, 5.41) is 1.88. The van der Waals surface area contributed by atoms with E-state index in [-0.39, 0.29) is 17.8 Å². The third-order valence-corrected chi connectivity index (χ3v) is 5.74. The van der Waals surface area contributed by atoms with Crippen LogP contribution >= 0.6 is 15.9 Å². The largest absolute Gasteiger partial charge is 0.368 e. The van der Waals surface area contributed by atoms with E-state index in [1.807, 2.05) is 36.2 Å². The van der Waals surface area contributed by atoms with Crippen LogP contribution in [0.15, 0.2) is 51.9 Å². The Bertz CT molecular complexity index is 1160. The summed E-state index contributed by atoms with van der Waals surface area (Å²) in [4.78, 5) is 13.9. The Morgan fingerprint density at radius 3 is 2.86 bits per heavy atom. The second-order valence-electron chi connectivity index (χ2n) is 6.92. The predicted molar refractivity (Wildman–Crippen MR) is 114 cm³/mol. The number of hydrazine groups is 2. The van der Waals surface area contributed by atoms with E-state index in [4.69, 9.17) is 10.7 Å². The van der Waals surface area contributed by atoms with Gasteiger partial charge in [-0.05, 0) is 36.8 Å². The number of nitrogens with zero attached hydrogens (tertiary/aromatic N) is 4. The van der Waals surface area contributed by atoms with Crippen LogP contribution in [0.25, 0.3) is 0 Å². The van der Waals surface area contributed by atoms with Crippen molar-refractivity contribution >= 4 is 39.1 Å². The van der Waals surface area contributed by atoms with Crippen molar-refractivity contribution < 1.29 is 4.39 Å². The third-order valence-electron chi connectivity index (χ3n) is 5.05. The highest BCUT2D eigenvalue weighted by atomic mass is 79.9. The molecule has 5 rings (SSSR count). The number of para-hydroxylation sites is 2. The van der Waals surface area contributed by atoms with E-state index in [0.29, 0.717) is 16.7 Å². The molecule has 0 aliphatic carbocycles. The van der Waals surface area contributed by atoms with E-state index in [0.717, 1.165) is 33.9 Å². The lowest BCUT2D eigenvalue weighted by Gasteiger charge is -2.29. The van der Waals surface area contributed by atoms with E-state index in [2.05, 4.69) is 36.9 Å². The zero-order chi connectivity index (χ0) is 20.1. The first-order valence-corrected chi connectivity index (χ1v) is 9.87. The highest BCUT2D eigenvalue weighted by Crippen LogP contribution is 2.37. The van der Waals surface area contributed by atoms with Gasteiger partial charge < -0.3 is 11.2 Å². The number of aryl methyl sites for hydroxylation is 1. The second kappa shape index (κ2) is 6.78.